The van der Waals surface area contributed by atoms with E-state index in [1.165, 1.54) is 29.0 Å². The van der Waals surface area contributed by atoms with Crippen LogP contribution in [0.4, 0.5) is 4.39 Å². The van der Waals surface area contributed by atoms with Crippen molar-refractivity contribution in [3.63, 3.8) is 0 Å². The number of hydrogen-bond acceptors (Lipinski definition) is 4. The Morgan fingerprint density at radius 1 is 1.00 bits per heavy atom. The average Bonchev–Trinajstić information content (AvgIpc) is 3.14. The molecule has 0 radical (unpaired) electrons. The maximum absolute atomic E-state index is 13.0. The van der Waals surface area contributed by atoms with Crippen LogP contribution in [0.25, 0.3) is 0 Å². The molecule has 0 unspecified atom stereocenters. The molecule has 0 spiro atoms. The number of benzene rings is 2. The Morgan fingerprint density at radius 3 is 2.37 bits per heavy atom. The fraction of sp³-hybridized carbons (Fsp3) is 0.273. The summed E-state index contributed by atoms with van der Waals surface area (Å²) in [6, 6.07) is 16.5. The lowest BCUT2D eigenvalue weighted by Crippen LogP contribution is -2.37. The van der Waals surface area contributed by atoms with Crippen LogP contribution in [-0.4, -0.2) is 35.4 Å². The zero-order valence-electron chi connectivity index (χ0n) is 16.5. The summed E-state index contributed by atoms with van der Waals surface area (Å²) in [4.78, 5) is 19.1. The standard InChI is InChI=1S/C22H24FN3OS.2ClH/c23-19-8-6-18(7-9-19)14-21-25-20(16-28-21)15-22(27)26(13-11-24)12-10-17-4-2-1-3-5-17;;/h1-9,16H,10-15,24H2;2*1H. The number of aromatic nitrogens is 1. The molecule has 1 aromatic heterocycles. The lowest BCUT2D eigenvalue weighted by atomic mass is 10.1. The number of thiazole rings is 1. The third-order valence-electron chi connectivity index (χ3n) is 4.47. The first kappa shape index (κ1) is 26.0. The van der Waals surface area contributed by atoms with E-state index >= 15 is 0 Å². The van der Waals surface area contributed by atoms with Crippen molar-refractivity contribution in [2.24, 2.45) is 5.73 Å². The summed E-state index contributed by atoms with van der Waals surface area (Å²) in [6.07, 6.45) is 1.72. The number of halogens is 3. The van der Waals surface area contributed by atoms with Gasteiger partial charge in [0, 0.05) is 31.4 Å². The van der Waals surface area contributed by atoms with Gasteiger partial charge in [-0.15, -0.1) is 36.2 Å². The summed E-state index contributed by atoms with van der Waals surface area (Å²) < 4.78 is 13.0. The van der Waals surface area contributed by atoms with Crippen molar-refractivity contribution in [2.75, 3.05) is 19.6 Å². The van der Waals surface area contributed by atoms with E-state index in [1.807, 2.05) is 28.5 Å². The molecule has 3 rings (SSSR count). The zero-order valence-corrected chi connectivity index (χ0v) is 18.9. The summed E-state index contributed by atoms with van der Waals surface area (Å²) in [7, 11) is 0. The molecule has 0 saturated heterocycles. The largest absolute Gasteiger partial charge is 0.341 e. The molecular weight excluding hydrogens is 444 g/mol. The Hall–Kier alpha value is -1.99. The molecule has 0 aliphatic carbocycles. The minimum atomic E-state index is -0.246. The first-order valence-electron chi connectivity index (χ1n) is 9.33. The summed E-state index contributed by atoms with van der Waals surface area (Å²) in [5.74, 6) is -0.204. The third kappa shape index (κ3) is 8.03. The summed E-state index contributed by atoms with van der Waals surface area (Å²) >= 11 is 1.53. The predicted octanol–water partition coefficient (Wildman–Crippen LogP) is 4.29. The normalized spacial score (nSPS) is 10.1. The number of hydrogen-bond donors (Lipinski definition) is 1. The van der Waals surface area contributed by atoms with Gasteiger partial charge in [-0.2, -0.15) is 0 Å². The maximum Gasteiger partial charge on any atom is 0.228 e. The van der Waals surface area contributed by atoms with Crippen molar-refractivity contribution in [3.05, 3.63) is 87.6 Å². The van der Waals surface area contributed by atoms with Crippen LogP contribution in [0.2, 0.25) is 0 Å². The van der Waals surface area contributed by atoms with Gasteiger partial charge >= 0.3 is 0 Å². The van der Waals surface area contributed by atoms with Gasteiger partial charge < -0.3 is 10.6 Å². The highest BCUT2D eigenvalue weighted by Crippen LogP contribution is 2.16. The Morgan fingerprint density at radius 2 is 1.70 bits per heavy atom. The fourth-order valence-electron chi connectivity index (χ4n) is 2.98. The third-order valence-corrected chi connectivity index (χ3v) is 5.36. The number of carbonyl (C=O) groups excluding carboxylic acids is 1. The van der Waals surface area contributed by atoms with Gasteiger partial charge in [-0.25, -0.2) is 9.37 Å². The molecule has 2 N–H and O–H groups in total. The van der Waals surface area contributed by atoms with Gasteiger partial charge in [-0.3, -0.25) is 4.79 Å². The monoisotopic (exact) mass is 469 g/mol. The molecule has 8 heteroatoms. The number of nitrogens with zero attached hydrogens (tertiary/aromatic N) is 2. The smallest absolute Gasteiger partial charge is 0.228 e. The second-order valence-corrected chi connectivity index (χ2v) is 7.56. The number of rotatable bonds is 9. The molecule has 162 valence electrons. The zero-order chi connectivity index (χ0) is 19.8. The average molecular weight is 470 g/mol. The highest BCUT2D eigenvalue weighted by Gasteiger charge is 2.15. The summed E-state index contributed by atoms with van der Waals surface area (Å²) in [5.41, 5.74) is 8.67. The molecule has 30 heavy (non-hydrogen) atoms. The lowest BCUT2D eigenvalue weighted by Gasteiger charge is -2.21. The molecule has 0 bridgehead atoms. The van der Waals surface area contributed by atoms with E-state index in [9.17, 15) is 9.18 Å². The number of carbonyl (C=O) groups is 1. The quantitative estimate of drug-likeness (QED) is 0.508. The molecule has 0 atom stereocenters. The molecular formula is C22H26Cl2FN3OS. The minimum Gasteiger partial charge on any atom is -0.341 e. The highest BCUT2D eigenvalue weighted by molar-refractivity contribution is 7.09. The minimum absolute atomic E-state index is 0. The van der Waals surface area contributed by atoms with Crippen LogP contribution < -0.4 is 5.73 Å². The van der Waals surface area contributed by atoms with E-state index < -0.39 is 0 Å². The number of amides is 1. The van der Waals surface area contributed by atoms with Crippen molar-refractivity contribution < 1.29 is 9.18 Å². The second kappa shape index (κ2) is 13.3. The van der Waals surface area contributed by atoms with Gasteiger partial charge in [-0.1, -0.05) is 42.5 Å². The Kier molecular flexibility index (Phi) is 11.6. The molecule has 4 nitrogen and oxygen atoms in total. The van der Waals surface area contributed by atoms with Crippen molar-refractivity contribution in [1.82, 2.24) is 9.88 Å². The lowest BCUT2D eigenvalue weighted by molar-refractivity contribution is -0.130. The van der Waals surface area contributed by atoms with E-state index in [-0.39, 0.29) is 43.0 Å². The Labute approximate surface area is 193 Å². The first-order chi connectivity index (χ1) is 13.6. The SMILES string of the molecule is Cl.Cl.NCCN(CCc1ccccc1)C(=O)Cc1csc(Cc2ccc(F)cc2)n1. The van der Waals surface area contributed by atoms with Gasteiger partial charge in [0.15, 0.2) is 0 Å². The topological polar surface area (TPSA) is 59.2 Å². The summed E-state index contributed by atoms with van der Waals surface area (Å²) in [6.45, 7) is 1.62. The maximum atomic E-state index is 13.0. The van der Waals surface area contributed by atoms with Crippen LogP contribution >= 0.6 is 36.2 Å². The second-order valence-electron chi connectivity index (χ2n) is 6.62. The molecule has 0 saturated carbocycles. The van der Waals surface area contributed by atoms with Crippen LogP contribution in [0.5, 0.6) is 0 Å². The summed E-state index contributed by atoms with van der Waals surface area (Å²) in [5, 5.41) is 2.85. The molecule has 2 aromatic carbocycles. The van der Waals surface area contributed by atoms with E-state index in [2.05, 4.69) is 17.1 Å². The predicted molar refractivity (Wildman–Crippen MR) is 125 cm³/mol. The van der Waals surface area contributed by atoms with Crippen molar-refractivity contribution >= 4 is 42.1 Å². The van der Waals surface area contributed by atoms with Crippen LogP contribution in [-0.2, 0) is 24.1 Å². The molecule has 1 heterocycles. The van der Waals surface area contributed by atoms with Crippen LogP contribution in [0.15, 0.2) is 60.0 Å². The van der Waals surface area contributed by atoms with E-state index in [0.717, 1.165) is 22.7 Å². The van der Waals surface area contributed by atoms with Crippen molar-refractivity contribution in [1.29, 1.82) is 0 Å². The first-order valence-corrected chi connectivity index (χ1v) is 10.2. The van der Waals surface area contributed by atoms with Crippen LogP contribution in [0.1, 0.15) is 21.8 Å². The van der Waals surface area contributed by atoms with E-state index in [1.54, 1.807) is 12.1 Å². The van der Waals surface area contributed by atoms with Crippen molar-refractivity contribution in [3.8, 4) is 0 Å². The Bertz CT molecular complexity index is 891. The molecule has 1 amide bonds. The molecule has 3 aromatic rings. The Balaban J connectivity index is 0.00000225. The van der Waals surface area contributed by atoms with Gasteiger partial charge in [0.25, 0.3) is 0 Å². The van der Waals surface area contributed by atoms with Crippen molar-refractivity contribution in [2.45, 2.75) is 19.3 Å². The molecule has 0 aliphatic rings. The number of nitrogens with two attached hydrogens (primary N) is 1. The molecule has 0 aliphatic heterocycles. The van der Waals surface area contributed by atoms with Crippen LogP contribution in [0, 0.1) is 5.82 Å². The van der Waals surface area contributed by atoms with Gasteiger partial charge in [0.1, 0.15) is 5.82 Å². The highest BCUT2D eigenvalue weighted by atomic mass is 35.5. The van der Waals surface area contributed by atoms with Gasteiger partial charge in [-0.05, 0) is 29.7 Å². The fourth-order valence-corrected chi connectivity index (χ4v) is 3.81. The van der Waals surface area contributed by atoms with Crippen LogP contribution in [0.3, 0.4) is 0 Å². The van der Waals surface area contributed by atoms with E-state index in [4.69, 9.17) is 5.73 Å². The van der Waals surface area contributed by atoms with Gasteiger partial charge in [0.05, 0.1) is 17.1 Å². The van der Waals surface area contributed by atoms with E-state index in [0.29, 0.717) is 26.1 Å². The van der Waals surface area contributed by atoms with Gasteiger partial charge in [0.2, 0.25) is 5.91 Å². The molecule has 0 fully saturated rings.